The van der Waals surface area contributed by atoms with E-state index in [-0.39, 0.29) is 85.4 Å². The molecule has 0 spiro atoms. The summed E-state index contributed by atoms with van der Waals surface area (Å²) in [6.45, 7) is 60.6. The predicted octanol–water partition coefficient (Wildman–Crippen LogP) is 1.64. The van der Waals surface area contributed by atoms with Crippen LogP contribution in [-0.4, -0.2) is 481 Å². The number of aliphatic hydroxyl groups excluding tert-OH is 1. The van der Waals surface area contributed by atoms with E-state index in [0.717, 1.165) is 187 Å². The number of likely N-dealkylation sites (tertiary alicyclic amines) is 6. The maximum absolute atomic E-state index is 12.5. The molecule has 12 fully saturated rings. The number of carbonyl (C=O) groups is 6. The summed E-state index contributed by atoms with van der Waals surface area (Å²) in [5.41, 5.74) is 13.8. The van der Waals surface area contributed by atoms with Gasteiger partial charge < -0.3 is 128 Å². The zero-order valence-electron chi connectivity index (χ0n) is 84.3. The van der Waals surface area contributed by atoms with Crippen LogP contribution in [0, 0.1) is 35.5 Å². The molecule has 0 aliphatic carbocycles. The number of carbonyl (C=O) groups excluding carboxylic acids is 5. The summed E-state index contributed by atoms with van der Waals surface area (Å²) < 4.78 is 16.8. The Labute approximate surface area is 847 Å². The molecule has 0 radical (unpaired) electrons. The second-order valence-corrected chi connectivity index (χ2v) is 43.9. The van der Waals surface area contributed by atoms with Crippen molar-refractivity contribution in [1.82, 2.24) is 105 Å². The Hall–Kier alpha value is -3.48. The van der Waals surface area contributed by atoms with Crippen molar-refractivity contribution >= 4 is 136 Å². The number of halogens is 2. The first-order valence-corrected chi connectivity index (χ1v) is 51.3. The number of rotatable bonds is 12. The van der Waals surface area contributed by atoms with Crippen LogP contribution in [0.1, 0.15) is 148 Å². The molecule has 2 aromatic heterocycles. The van der Waals surface area contributed by atoms with Crippen LogP contribution in [0.15, 0.2) is 7.83 Å². The molecule has 43 heteroatoms. The van der Waals surface area contributed by atoms with Crippen LogP contribution < -0.4 is 62.2 Å². The fourth-order valence-electron chi connectivity index (χ4n) is 16.2. The number of anilines is 2. The average molecular weight is 2060 g/mol. The van der Waals surface area contributed by atoms with Crippen LogP contribution in [0.5, 0.6) is 0 Å². The van der Waals surface area contributed by atoms with Crippen molar-refractivity contribution in [1.29, 1.82) is 0 Å². The summed E-state index contributed by atoms with van der Waals surface area (Å²) in [6, 6.07) is 0. The molecule has 4 amide bonds. The van der Waals surface area contributed by atoms with Crippen molar-refractivity contribution in [3.05, 3.63) is 7.83 Å². The van der Waals surface area contributed by atoms with Crippen LogP contribution in [0.3, 0.4) is 0 Å². The van der Waals surface area contributed by atoms with Gasteiger partial charge >= 0.3 is 37.0 Å². The summed E-state index contributed by atoms with van der Waals surface area (Å²) in [4.78, 5) is 100. The zero-order valence-corrected chi connectivity index (χ0v) is 89.0. The number of nitrogens with two attached hydrogens (primary N) is 3. The number of piperidine rings is 6. The first-order valence-electron chi connectivity index (χ1n) is 47.7. The normalized spacial score (nSPS) is 21.1. The van der Waals surface area contributed by atoms with E-state index in [1.165, 1.54) is 161 Å². The van der Waals surface area contributed by atoms with E-state index < -0.39 is 11.6 Å². The molecule has 12 saturated heterocycles. The molecule has 2 aromatic rings. The maximum atomic E-state index is 12.5. The first kappa shape index (κ1) is 125. The van der Waals surface area contributed by atoms with Crippen molar-refractivity contribution < 1.29 is 73.5 Å². The van der Waals surface area contributed by atoms with Crippen molar-refractivity contribution in [2.45, 2.75) is 163 Å². The van der Waals surface area contributed by atoms with Crippen molar-refractivity contribution in [2.24, 2.45) is 47.0 Å². The summed E-state index contributed by atoms with van der Waals surface area (Å²) in [6.07, 6.45) is 13.5. The molecule has 14 heterocycles. The van der Waals surface area contributed by atoms with E-state index in [9.17, 15) is 28.8 Å². The Morgan fingerprint density at radius 2 is 0.720 bits per heavy atom. The standard InChI is InChI=1S/C16H29N3O3.C13H22BrN5S.C11H21N3O.2C11H23N3.C9H18N2O2.C7H13NO2.C5H10O2.C2H2BrN3S.C2H6N2S.C2H6O.Al.Li.4H/c1-16(2,3)22-15(21)19-11-9-18(10-12-19)14(20)13-5-7-17(4)8-6-13;1-17-4-2-11(3-5-17)10-18-6-8-19(9-7-18)13-16-15-12(14)20-13;1-13-6-2-10(3-7-13)11(15)14-8-4-12-5-9-14;2*1-13-6-2-11(3-7-13)10-14-8-4-12-5-9-14;1-9(2,3)13-8(12)11-6-4-10-5-7-11;1-8-4-2-6(3-5-8)7(9)10;1-5(2,3)7-4-6;3-1-5-6-2(4)7-1;3-1-2(4)5;1-2-3;;;;;;/h13H,5-12H2,1-4H3;11H,2-10H2,1H3;10,12H,2-9H2,1H3;2*11-12H,2-10H2,1H3;10H,4-7H2,1-3H3;6H,2-5H2,1H3,(H,9,10);4H,1-3H3;(H2,4,6);1,3H2,(H2,4,5);3H,2H2,1H3;;;;;;/q;;;;;;;;;;;;+1;;;;-1. The Morgan fingerprint density at radius 1 is 0.447 bits per heavy atom. The number of nitrogens with zero attached hydrogens (tertiary/aromatic N) is 18. The number of aliphatic hydroxyl groups is 1. The predicted molar refractivity (Wildman–Crippen MR) is 547 cm³/mol. The summed E-state index contributed by atoms with van der Waals surface area (Å²) >= 11 is 13.8. The molecular weight excluding hydrogens is 1890 g/mol. The van der Waals surface area contributed by atoms with Crippen molar-refractivity contribution in [3.63, 3.8) is 0 Å². The Bertz CT molecular complexity index is 3310. The molecule has 0 saturated carbocycles. The first-order chi connectivity index (χ1) is 61.6. The number of hydrogen-bond acceptors (Lipinski definition) is 33. The number of aromatic nitrogens is 4. The largest absolute Gasteiger partial charge is 1.00 e. The van der Waals surface area contributed by atoms with E-state index in [1.54, 1.807) is 28.1 Å². The van der Waals surface area contributed by atoms with Gasteiger partial charge in [0.05, 0.1) is 10.9 Å². The molecule has 36 nitrogen and oxygen atoms in total. The van der Waals surface area contributed by atoms with Gasteiger partial charge in [0, 0.05) is 202 Å². The van der Waals surface area contributed by atoms with Gasteiger partial charge in [0.1, 0.15) is 16.8 Å². The third kappa shape index (κ3) is 57.3. The van der Waals surface area contributed by atoms with Gasteiger partial charge in [-0.3, -0.25) is 24.1 Å². The van der Waals surface area contributed by atoms with E-state index in [1.807, 2.05) is 79.2 Å². The van der Waals surface area contributed by atoms with Crippen LogP contribution in [0.25, 0.3) is 0 Å². The van der Waals surface area contributed by atoms with Crippen LogP contribution in [-0.2, 0) is 33.4 Å². The molecule has 12 aliphatic heterocycles. The SMILES string of the molecule is CC(C)(C)OC(=O)N1CCNCC1.CC(C)(C)OC=O.CCO.CN1CCC(C(=O)N2CCN(C(=O)OC(C)(C)C)CC2)CC1.CN1CCC(C(=O)N2CCNCC2)CC1.CN1CCC(C(=O)O)CC1.CN1CCC(CN2CCN(c3nnc(Br)s3)CC2)CC1.CN1CCC(CN2CCNCC2)CC1.CN1CCC(CN2CCNCC2)CC1.NCC(N)=S.Nc1nnc(Br)s1.[AlH3].[H-].[Li+]. The number of carboxylic acid groups (broad SMARTS) is 1. The number of carboxylic acids is 1. The summed E-state index contributed by atoms with van der Waals surface area (Å²) in [5, 5.41) is 46.3. The van der Waals surface area contributed by atoms with Gasteiger partial charge in [-0.05, 0) is 317 Å². The molecule has 0 bridgehead atoms. The number of ether oxygens (including phenoxy) is 3. The van der Waals surface area contributed by atoms with Gasteiger partial charge in [0.15, 0.2) is 25.2 Å². The van der Waals surface area contributed by atoms with E-state index >= 15 is 0 Å². The number of thiocarbonyl (C=S) groups is 1. The number of piperazine rings is 6. The quantitative estimate of drug-likeness (QED) is 0.0631. The third-order valence-electron chi connectivity index (χ3n) is 24.2. The third-order valence-corrected chi connectivity index (χ3v) is 26.9. The second kappa shape index (κ2) is 69.4. The Morgan fingerprint density at radius 3 is 0.977 bits per heavy atom. The zero-order chi connectivity index (χ0) is 96.2. The number of aliphatic carboxylic acids is 1. The number of nitrogen functional groups attached to an aromatic ring is 1. The topological polar surface area (TPSA) is 394 Å². The van der Waals surface area contributed by atoms with Gasteiger partial charge in [0.2, 0.25) is 22.1 Å². The number of hydrogen-bond donors (Lipinski definition) is 9. The molecule has 12 N–H and O–H groups in total. The molecular formula is C89H177AlBr2LiN25O11S3. The van der Waals surface area contributed by atoms with Gasteiger partial charge in [0.25, 0.3) is 6.47 Å². The molecule has 760 valence electrons. The number of amides is 4. The minimum absolute atomic E-state index is 0. The maximum Gasteiger partial charge on any atom is 1.00 e. The van der Waals surface area contributed by atoms with Gasteiger partial charge in [-0.2, -0.15) is 0 Å². The van der Waals surface area contributed by atoms with Gasteiger partial charge in [-0.1, -0.05) is 34.9 Å². The van der Waals surface area contributed by atoms with Crippen LogP contribution in [0.4, 0.5) is 19.9 Å². The van der Waals surface area contributed by atoms with Gasteiger partial charge in [-0.25, -0.2) is 9.59 Å². The monoisotopic (exact) mass is 2060 g/mol. The van der Waals surface area contributed by atoms with Gasteiger partial charge in [-0.15, -0.1) is 20.4 Å². The van der Waals surface area contributed by atoms with Crippen LogP contribution >= 0.6 is 66.8 Å². The molecule has 132 heavy (non-hydrogen) atoms. The minimum atomic E-state index is -0.631. The fraction of sp³-hybridized carbons (Fsp3) is 0.876. The van der Waals surface area contributed by atoms with Crippen molar-refractivity contribution in [2.75, 3.05) is 321 Å². The fourth-order valence-corrected chi connectivity index (χ4v) is 18.3. The molecule has 0 aromatic carbocycles. The molecule has 12 aliphatic rings. The molecule has 14 rings (SSSR count). The molecule has 0 unspecified atom stereocenters. The van der Waals surface area contributed by atoms with Crippen LogP contribution in [0.2, 0.25) is 0 Å². The minimum Gasteiger partial charge on any atom is -1.00 e. The Kier molecular flexibility index (Phi) is 65.5. The molecule has 0 atom stereocenters. The van der Waals surface area contributed by atoms with E-state index in [0.29, 0.717) is 61.1 Å². The second-order valence-electron chi connectivity index (χ2n) is 38.8. The summed E-state index contributed by atoms with van der Waals surface area (Å²) in [7, 11) is 13.0. The van der Waals surface area contributed by atoms with Crippen molar-refractivity contribution in [3.8, 4) is 0 Å². The smallest absolute Gasteiger partial charge is 1.00 e. The Balaban J connectivity index is 0.000000751. The number of nitrogens with one attached hydrogen (secondary N) is 4. The van der Waals surface area contributed by atoms with E-state index in [4.69, 9.17) is 36.9 Å². The van der Waals surface area contributed by atoms with E-state index in [2.05, 4.69) is 175 Å². The average Bonchev–Trinajstić information content (AvgIpc) is 1.73. The summed E-state index contributed by atoms with van der Waals surface area (Å²) in [5.74, 6) is 3.21.